The smallest absolute Gasteiger partial charge is 0.257 e. The Morgan fingerprint density at radius 2 is 2.00 bits per heavy atom. The van der Waals surface area contributed by atoms with Crippen molar-refractivity contribution in [1.29, 1.82) is 0 Å². The fourth-order valence-electron chi connectivity index (χ4n) is 2.62. The van der Waals surface area contributed by atoms with Crippen LogP contribution >= 0.6 is 11.6 Å². The van der Waals surface area contributed by atoms with Crippen molar-refractivity contribution in [1.82, 2.24) is 15.0 Å². The van der Waals surface area contributed by atoms with Gasteiger partial charge in [0.05, 0.1) is 23.1 Å². The van der Waals surface area contributed by atoms with E-state index in [1.807, 2.05) is 24.3 Å². The average molecular weight is 368 g/mol. The zero-order chi connectivity index (χ0) is 18.5. The number of nitrogens with two attached hydrogens (primary N) is 1. The monoisotopic (exact) mass is 367 g/mol. The van der Waals surface area contributed by atoms with Crippen molar-refractivity contribution in [2.45, 2.75) is 19.3 Å². The van der Waals surface area contributed by atoms with Crippen molar-refractivity contribution in [2.75, 3.05) is 11.1 Å². The second kappa shape index (κ2) is 7.93. The van der Waals surface area contributed by atoms with Crippen LogP contribution in [0.2, 0.25) is 5.15 Å². The van der Waals surface area contributed by atoms with E-state index in [4.69, 9.17) is 17.3 Å². The number of hydrogen-bond acceptors (Lipinski definition) is 5. The molecule has 0 aliphatic carbocycles. The SMILES string of the molecule is C[C@H](Cc1cncc(Cl)n1)c1cccc(NC(=O)c2cncc(N)c2)c1. The minimum absolute atomic E-state index is 0.189. The number of carbonyl (C=O) groups excluding carboxylic acids is 1. The Kier molecular flexibility index (Phi) is 5.43. The lowest BCUT2D eigenvalue weighted by Crippen LogP contribution is -2.13. The zero-order valence-electron chi connectivity index (χ0n) is 14.2. The van der Waals surface area contributed by atoms with E-state index in [0.717, 1.165) is 11.3 Å². The van der Waals surface area contributed by atoms with Gasteiger partial charge in [0.25, 0.3) is 5.91 Å². The molecule has 0 saturated carbocycles. The molecule has 7 heteroatoms. The third kappa shape index (κ3) is 4.55. The Morgan fingerprint density at radius 3 is 2.77 bits per heavy atom. The Labute approximate surface area is 156 Å². The Morgan fingerprint density at radius 1 is 1.19 bits per heavy atom. The first kappa shape index (κ1) is 17.8. The van der Waals surface area contributed by atoms with Crippen LogP contribution in [-0.4, -0.2) is 20.9 Å². The third-order valence-electron chi connectivity index (χ3n) is 3.91. The lowest BCUT2D eigenvalue weighted by atomic mass is 9.96. The molecule has 2 aromatic heterocycles. The van der Waals surface area contributed by atoms with Crippen molar-refractivity contribution in [3.63, 3.8) is 0 Å². The van der Waals surface area contributed by atoms with Gasteiger partial charge in [0.15, 0.2) is 0 Å². The van der Waals surface area contributed by atoms with E-state index in [-0.39, 0.29) is 11.8 Å². The summed E-state index contributed by atoms with van der Waals surface area (Å²) in [4.78, 5) is 24.6. The van der Waals surface area contributed by atoms with E-state index in [1.165, 1.54) is 18.6 Å². The average Bonchev–Trinajstić information content (AvgIpc) is 2.62. The van der Waals surface area contributed by atoms with Gasteiger partial charge in [-0.25, -0.2) is 4.98 Å². The van der Waals surface area contributed by atoms with Crippen LogP contribution < -0.4 is 11.1 Å². The van der Waals surface area contributed by atoms with Crippen molar-refractivity contribution >= 4 is 28.9 Å². The van der Waals surface area contributed by atoms with Gasteiger partial charge in [0.1, 0.15) is 5.15 Å². The predicted molar refractivity (Wildman–Crippen MR) is 102 cm³/mol. The first-order chi connectivity index (χ1) is 12.5. The summed E-state index contributed by atoms with van der Waals surface area (Å²) in [5.41, 5.74) is 9.15. The molecule has 1 atom stereocenters. The molecule has 26 heavy (non-hydrogen) atoms. The summed E-state index contributed by atoms with van der Waals surface area (Å²) in [7, 11) is 0. The van der Waals surface area contributed by atoms with Gasteiger partial charge >= 0.3 is 0 Å². The second-order valence-corrected chi connectivity index (χ2v) is 6.41. The minimum Gasteiger partial charge on any atom is -0.397 e. The fraction of sp³-hybridized carbons (Fsp3) is 0.158. The molecule has 2 heterocycles. The summed E-state index contributed by atoms with van der Waals surface area (Å²) in [6, 6.07) is 9.29. The number of hydrogen-bond donors (Lipinski definition) is 2. The molecule has 6 nitrogen and oxygen atoms in total. The summed E-state index contributed by atoms with van der Waals surface area (Å²) in [5.74, 6) is -0.0658. The van der Waals surface area contributed by atoms with Crippen LogP contribution in [0.4, 0.5) is 11.4 Å². The highest BCUT2D eigenvalue weighted by atomic mass is 35.5. The maximum absolute atomic E-state index is 12.3. The van der Waals surface area contributed by atoms with E-state index >= 15 is 0 Å². The van der Waals surface area contributed by atoms with Crippen LogP contribution in [0.15, 0.2) is 55.1 Å². The van der Waals surface area contributed by atoms with Gasteiger partial charge in [-0.1, -0.05) is 30.7 Å². The highest BCUT2D eigenvalue weighted by molar-refractivity contribution is 6.29. The molecule has 0 unspecified atom stereocenters. The maximum atomic E-state index is 12.3. The number of anilines is 2. The highest BCUT2D eigenvalue weighted by Gasteiger charge is 2.11. The number of amides is 1. The molecular formula is C19H18ClN5O. The summed E-state index contributed by atoms with van der Waals surface area (Å²) < 4.78 is 0. The van der Waals surface area contributed by atoms with Crippen LogP contribution in [0, 0.1) is 0 Å². The largest absolute Gasteiger partial charge is 0.397 e. The molecule has 132 valence electrons. The summed E-state index contributed by atoms with van der Waals surface area (Å²) in [5, 5.41) is 3.25. The predicted octanol–water partition coefficient (Wildman–Crippen LogP) is 3.71. The molecule has 0 saturated heterocycles. The Hall–Kier alpha value is -2.99. The second-order valence-electron chi connectivity index (χ2n) is 6.02. The number of benzene rings is 1. The van der Waals surface area contributed by atoms with Crippen LogP contribution in [0.25, 0.3) is 0 Å². The van der Waals surface area contributed by atoms with Crippen molar-refractivity contribution in [2.24, 2.45) is 0 Å². The van der Waals surface area contributed by atoms with E-state index < -0.39 is 0 Å². The number of nitrogens with one attached hydrogen (secondary N) is 1. The van der Waals surface area contributed by atoms with E-state index in [1.54, 1.807) is 12.3 Å². The minimum atomic E-state index is -0.254. The normalized spacial score (nSPS) is 11.8. The van der Waals surface area contributed by atoms with Gasteiger partial charge in [-0.05, 0) is 36.1 Å². The van der Waals surface area contributed by atoms with Crippen LogP contribution in [0.3, 0.4) is 0 Å². The molecule has 0 spiro atoms. The lowest BCUT2D eigenvalue weighted by Gasteiger charge is -2.13. The number of rotatable bonds is 5. The summed E-state index contributed by atoms with van der Waals surface area (Å²) in [6.07, 6.45) is 6.90. The maximum Gasteiger partial charge on any atom is 0.257 e. The molecule has 0 fully saturated rings. The molecule has 3 aromatic rings. The quantitative estimate of drug-likeness (QED) is 0.717. The van der Waals surface area contributed by atoms with Gasteiger partial charge < -0.3 is 11.1 Å². The standard InChI is InChI=1S/C19H18ClN5O/c1-12(5-17-10-23-11-18(20)24-17)13-3-2-4-16(7-13)25-19(26)14-6-15(21)9-22-8-14/h2-4,6-12H,5,21H2,1H3,(H,25,26)/t12-/m1/s1. The molecule has 1 aromatic carbocycles. The zero-order valence-corrected chi connectivity index (χ0v) is 14.9. The molecule has 0 radical (unpaired) electrons. The van der Waals surface area contributed by atoms with Gasteiger partial charge in [-0.15, -0.1) is 0 Å². The number of halogens is 1. The number of pyridine rings is 1. The topological polar surface area (TPSA) is 93.8 Å². The molecule has 0 aliphatic rings. The van der Waals surface area contributed by atoms with Crippen LogP contribution in [-0.2, 0) is 6.42 Å². The number of nitrogen functional groups attached to an aromatic ring is 1. The molecule has 0 aliphatic heterocycles. The first-order valence-electron chi connectivity index (χ1n) is 8.09. The highest BCUT2D eigenvalue weighted by Crippen LogP contribution is 2.23. The molecule has 3 N–H and O–H groups in total. The van der Waals surface area contributed by atoms with Crippen molar-refractivity contribution < 1.29 is 4.79 Å². The van der Waals surface area contributed by atoms with Gasteiger partial charge in [-0.2, -0.15) is 0 Å². The van der Waals surface area contributed by atoms with Crippen molar-refractivity contribution in [3.05, 3.63) is 77.1 Å². The molecule has 0 bridgehead atoms. The lowest BCUT2D eigenvalue weighted by molar-refractivity contribution is 0.102. The number of nitrogens with zero attached hydrogens (tertiary/aromatic N) is 3. The van der Waals surface area contributed by atoms with E-state index in [0.29, 0.717) is 28.5 Å². The Balaban J connectivity index is 1.72. The van der Waals surface area contributed by atoms with E-state index in [2.05, 4.69) is 27.2 Å². The number of carbonyl (C=O) groups is 1. The van der Waals surface area contributed by atoms with Crippen LogP contribution in [0.5, 0.6) is 0 Å². The molecular weight excluding hydrogens is 350 g/mol. The Bertz CT molecular complexity index is 931. The molecule has 3 rings (SSSR count). The van der Waals surface area contributed by atoms with Crippen molar-refractivity contribution in [3.8, 4) is 0 Å². The van der Waals surface area contributed by atoms with Gasteiger partial charge in [-0.3, -0.25) is 14.8 Å². The molecule has 1 amide bonds. The van der Waals surface area contributed by atoms with E-state index in [9.17, 15) is 4.79 Å². The van der Waals surface area contributed by atoms with Gasteiger partial charge in [0.2, 0.25) is 0 Å². The van der Waals surface area contributed by atoms with Gasteiger partial charge in [0, 0.05) is 24.3 Å². The first-order valence-corrected chi connectivity index (χ1v) is 8.47. The number of aromatic nitrogens is 3. The fourth-order valence-corrected chi connectivity index (χ4v) is 2.78. The van der Waals surface area contributed by atoms with Crippen LogP contribution in [0.1, 0.15) is 34.5 Å². The third-order valence-corrected chi connectivity index (χ3v) is 4.09. The summed E-state index contributed by atoms with van der Waals surface area (Å²) in [6.45, 7) is 2.09. The summed E-state index contributed by atoms with van der Waals surface area (Å²) >= 11 is 5.89.